The molecular formula is C15H21N3. The molecule has 2 rings (SSSR count). The van der Waals surface area contributed by atoms with E-state index >= 15 is 0 Å². The molecule has 0 saturated heterocycles. The lowest BCUT2D eigenvalue weighted by Crippen LogP contribution is -2.03. The van der Waals surface area contributed by atoms with Crippen molar-refractivity contribution in [1.82, 2.24) is 9.55 Å². The minimum absolute atomic E-state index is 0.653. The van der Waals surface area contributed by atoms with Gasteiger partial charge in [0, 0.05) is 26.1 Å². The fourth-order valence-corrected chi connectivity index (χ4v) is 2.17. The molecular weight excluding hydrogens is 222 g/mol. The van der Waals surface area contributed by atoms with Crippen LogP contribution < -0.4 is 5.73 Å². The van der Waals surface area contributed by atoms with Gasteiger partial charge >= 0.3 is 0 Å². The van der Waals surface area contributed by atoms with Gasteiger partial charge < -0.3 is 10.3 Å². The molecule has 3 nitrogen and oxygen atoms in total. The van der Waals surface area contributed by atoms with Crippen molar-refractivity contribution >= 4 is 0 Å². The summed E-state index contributed by atoms with van der Waals surface area (Å²) in [5, 5.41) is 0. The summed E-state index contributed by atoms with van der Waals surface area (Å²) in [6.07, 6.45) is 3.81. The summed E-state index contributed by atoms with van der Waals surface area (Å²) in [5.41, 5.74) is 10.6. The number of hydrogen-bond donors (Lipinski definition) is 1. The summed E-state index contributed by atoms with van der Waals surface area (Å²) in [5.74, 6) is 1.10. The van der Waals surface area contributed by atoms with Crippen molar-refractivity contribution in [3.63, 3.8) is 0 Å². The third kappa shape index (κ3) is 2.79. The molecule has 0 amide bonds. The third-order valence-electron chi connectivity index (χ3n) is 3.28. The van der Waals surface area contributed by atoms with Gasteiger partial charge in [0.25, 0.3) is 0 Å². The van der Waals surface area contributed by atoms with Crippen molar-refractivity contribution < 1.29 is 0 Å². The molecule has 0 aliphatic carbocycles. The zero-order valence-electron chi connectivity index (χ0n) is 11.4. The van der Waals surface area contributed by atoms with E-state index in [1.54, 1.807) is 0 Å². The van der Waals surface area contributed by atoms with E-state index < -0.39 is 0 Å². The highest BCUT2D eigenvalue weighted by atomic mass is 15.0. The van der Waals surface area contributed by atoms with Crippen LogP contribution in [0.1, 0.15) is 28.2 Å². The molecule has 2 aromatic rings. The van der Waals surface area contributed by atoms with Crippen LogP contribution in [-0.2, 0) is 19.9 Å². The quantitative estimate of drug-likeness (QED) is 0.894. The molecule has 1 aromatic heterocycles. The van der Waals surface area contributed by atoms with Crippen LogP contribution in [0, 0.1) is 13.8 Å². The molecule has 0 aliphatic heterocycles. The number of aryl methyl sites for hydroxylation is 3. The summed E-state index contributed by atoms with van der Waals surface area (Å²) < 4.78 is 2.10. The van der Waals surface area contributed by atoms with Crippen molar-refractivity contribution in [2.45, 2.75) is 26.7 Å². The molecule has 0 aliphatic rings. The molecule has 3 heteroatoms. The maximum Gasteiger partial charge on any atom is 0.113 e. The Hall–Kier alpha value is -1.61. The molecule has 0 radical (unpaired) electrons. The van der Waals surface area contributed by atoms with Crippen molar-refractivity contribution in [3.05, 3.63) is 52.6 Å². The van der Waals surface area contributed by atoms with Gasteiger partial charge in [-0.2, -0.15) is 0 Å². The monoisotopic (exact) mass is 243 g/mol. The second-order valence-corrected chi connectivity index (χ2v) is 4.90. The highest BCUT2D eigenvalue weighted by Gasteiger charge is 2.07. The van der Waals surface area contributed by atoms with E-state index in [4.69, 9.17) is 5.73 Å². The fraction of sp³-hybridized carbons (Fsp3) is 0.400. The summed E-state index contributed by atoms with van der Waals surface area (Å²) in [7, 11) is 2.05. The molecule has 18 heavy (non-hydrogen) atoms. The molecule has 0 saturated carbocycles. The second-order valence-electron chi connectivity index (χ2n) is 4.90. The molecule has 1 aromatic carbocycles. The average Bonchev–Trinajstić information content (AvgIpc) is 2.65. The minimum Gasteiger partial charge on any atom is -0.337 e. The summed E-state index contributed by atoms with van der Waals surface area (Å²) in [4.78, 5) is 4.65. The lowest BCUT2D eigenvalue weighted by molar-refractivity contribution is 0.819. The predicted octanol–water partition coefficient (Wildman–Crippen LogP) is 2.13. The third-order valence-corrected chi connectivity index (χ3v) is 3.28. The highest BCUT2D eigenvalue weighted by Crippen LogP contribution is 2.15. The Bertz CT molecular complexity index is 541. The van der Waals surface area contributed by atoms with Gasteiger partial charge in [-0.15, -0.1) is 0 Å². The Balaban J connectivity index is 2.25. The number of benzene rings is 1. The van der Waals surface area contributed by atoms with Gasteiger partial charge in [0.15, 0.2) is 0 Å². The lowest BCUT2D eigenvalue weighted by atomic mass is 10.0. The molecule has 0 fully saturated rings. The van der Waals surface area contributed by atoms with Gasteiger partial charge in [0.2, 0.25) is 0 Å². The van der Waals surface area contributed by atoms with Crippen LogP contribution in [0.4, 0.5) is 0 Å². The van der Waals surface area contributed by atoms with E-state index in [0.29, 0.717) is 6.54 Å². The number of hydrogen-bond acceptors (Lipinski definition) is 2. The van der Waals surface area contributed by atoms with Gasteiger partial charge in [-0.1, -0.05) is 23.8 Å². The maximum atomic E-state index is 5.57. The van der Waals surface area contributed by atoms with Crippen molar-refractivity contribution in [1.29, 1.82) is 0 Å². The number of nitrogens with zero attached hydrogens (tertiary/aromatic N) is 2. The fourth-order valence-electron chi connectivity index (χ4n) is 2.17. The Labute approximate surface area is 109 Å². The van der Waals surface area contributed by atoms with E-state index in [0.717, 1.165) is 24.4 Å². The molecule has 96 valence electrons. The SMILES string of the molecule is Cc1ccc(C)c(Cc2nc(CCN)cn2C)c1. The van der Waals surface area contributed by atoms with Crippen molar-refractivity contribution in [3.8, 4) is 0 Å². The standard InChI is InChI=1S/C15H21N3/c1-11-4-5-12(2)13(8-11)9-15-17-14(6-7-16)10-18(15)3/h4-5,8,10H,6-7,9,16H2,1-3H3. The van der Waals surface area contributed by atoms with Gasteiger partial charge in [-0.05, 0) is 31.5 Å². The zero-order valence-corrected chi connectivity index (χ0v) is 11.4. The molecule has 0 bridgehead atoms. The first-order valence-corrected chi connectivity index (χ1v) is 6.37. The van der Waals surface area contributed by atoms with Gasteiger partial charge in [0.05, 0.1) is 5.69 Å². The van der Waals surface area contributed by atoms with Crippen LogP contribution in [0.2, 0.25) is 0 Å². The zero-order chi connectivity index (χ0) is 13.1. The summed E-state index contributed by atoms with van der Waals surface area (Å²) >= 11 is 0. The van der Waals surface area contributed by atoms with Crippen LogP contribution in [0.25, 0.3) is 0 Å². The lowest BCUT2D eigenvalue weighted by Gasteiger charge is -2.07. The van der Waals surface area contributed by atoms with Gasteiger partial charge in [0.1, 0.15) is 5.82 Å². The van der Waals surface area contributed by atoms with Crippen molar-refractivity contribution in [2.24, 2.45) is 12.8 Å². The van der Waals surface area contributed by atoms with Crippen molar-refractivity contribution in [2.75, 3.05) is 6.54 Å². The second kappa shape index (κ2) is 5.36. The molecule has 2 N–H and O–H groups in total. The Kier molecular flexibility index (Phi) is 3.82. The van der Waals surface area contributed by atoms with E-state index in [1.165, 1.54) is 16.7 Å². The number of nitrogens with two attached hydrogens (primary N) is 1. The maximum absolute atomic E-state index is 5.57. The van der Waals surface area contributed by atoms with Gasteiger partial charge in [-0.3, -0.25) is 0 Å². The molecule has 0 spiro atoms. The smallest absolute Gasteiger partial charge is 0.113 e. The van der Waals surface area contributed by atoms with Crippen LogP contribution in [0.3, 0.4) is 0 Å². The predicted molar refractivity (Wildman–Crippen MR) is 74.7 cm³/mol. The molecule has 1 heterocycles. The average molecular weight is 243 g/mol. The van der Waals surface area contributed by atoms with E-state index in [-0.39, 0.29) is 0 Å². The Morgan fingerprint density at radius 2 is 2.06 bits per heavy atom. The van der Waals surface area contributed by atoms with E-state index in [1.807, 2.05) is 7.05 Å². The van der Waals surface area contributed by atoms with Crippen LogP contribution in [-0.4, -0.2) is 16.1 Å². The first kappa shape index (κ1) is 12.8. The van der Waals surface area contributed by atoms with Gasteiger partial charge in [-0.25, -0.2) is 4.98 Å². The topological polar surface area (TPSA) is 43.8 Å². The van der Waals surface area contributed by atoms with E-state index in [9.17, 15) is 0 Å². The Morgan fingerprint density at radius 3 is 2.78 bits per heavy atom. The van der Waals surface area contributed by atoms with E-state index in [2.05, 4.69) is 47.8 Å². The number of rotatable bonds is 4. The first-order valence-electron chi connectivity index (χ1n) is 6.37. The van der Waals surface area contributed by atoms with Crippen LogP contribution >= 0.6 is 0 Å². The number of imidazole rings is 1. The first-order chi connectivity index (χ1) is 8.60. The largest absolute Gasteiger partial charge is 0.337 e. The summed E-state index contributed by atoms with van der Waals surface area (Å²) in [6, 6.07) is 6.57. The molecule has 0 atom stereocenters. The minimum atomic E-state index is 0.653. The number of aromatic nitrogens is 2. The normalized spacial score (nSPS) is 10.9. The Morgan fingerprint density at radius 1 is 1.28 bits per heavy atom. The molecule has 0 unspecified atom stereocenters. The van der Waals surface area contributed by atoms with Crippen LogP contribution in [0.5, 0.6) is 0 Å². The highest BCUT2D eigenvalue weighted by molar-refractivity contribution is 5.32. The van der Waals surface area contributed by atoms with Crippen LogP contribution in [0.15, 0.2) is 24.4 Å². The summed E-state index contributed by atoms with van der Waals surface area (Å²) in [6.45, 7) is 4.93.